The van der Waals surface area contributed by atoms with Crippen LogP contribution in [0.4, 0.5) is 0 Å². The van der Waals surface area contributed by atoms with Crippen LogP contribution in [0.3, 0.4) is 0 Å². The van der Waals surface area contributed by atoms with Crippen molar-refractivity contribution < 1.29 is 4.74 Å². The topological polar surface area (TPSA) is 66.0 Å². The second-order valence-corrected chi connectivity index (χ2v) is 4.57. The predicted octanol–water partition coefficient (Wildman–Crippen LogP) is 2.07. The minimum Gasteiger partial charge on any atom is -0.383 e. The first-order valence-corrected chi connectivity index (χ1v) is 6.89. The lowest BCUT2D eigenvalue weighted by Gasteiger charge is -2.16. The Labute approximate surface area is 110 Å². The molecule has 0 aliphatic carbocycles. The lowest BCUT2D eigenvalue weighted by Crippen LogP contribution is -2.16. The summed E-state index contributed by atoms with van der Waals surface area (Å²) in [5.74, 6) is 2.41. The van der Waals surface area contributed by atoms with Gasteiger partial charge in [-0.05, 0) is 12.8 Å². The smallest absolute Gasteiger partial charge is 0.146 e. The van der Waals surface area contributed by atoms with Gasteiger partial charge in [0.1, 0.15) is 11.6 Å². The van der Waals surface area contributed by atoms with Gasteiger partial charge in [0.2, 0.25) is 0 Å². The molecule has 5 heteroatoms. The molecule has 0 aliphatic rings. The van der Waals surface area contributed by atoms with Crippen LogP contribution in [0.1, 0.15) is 57.1 Å². The van der Waals surface area contributed by atoms with Gasteiger partial charge in [-0.3, -0.25) is 0 Å². The molecule has 1 aromatic heterocycles. The van der Waals surface area contributed by atoms with Crippen molar-refractivity contribution in [1.29, 1.82) is 0 Å². The van der Waals surface area contributed by atoms with Crippen LogP contribution < -0.4 is 5.73 Å². The number of hydrogen-bond donors (Lipinski definition) is 1. The van der Waals surface area contributed by atoms with Gasteiger partial charge in [-0.2, -0.15) is 0 Å². The SMILES string of the molecule is CCCCC(CC)c1nnc(CN)n1CCOC. The third kappa shape index (κ3) is 3.78. The molecule has 0 saturated carbocycles. The van der Waals surface area contributed by atoms with Crippen molar-refractivity contribution in [2.75, 3.05) is 13.7 Å². The zero-order valence-corrected chi connectivity index (χ0v) is 11.9. The number of rotatable bonds is 9. The Hall–Kier alpha value is -0.940. The van der Waals surface area contributed by atoms with E-state index in [2.05, 4.69) is 28.6 Å². The van der Waals surface area contributed by atoms with Crippen molar-refractivity contribution >= 4 is 0 Å². The summed E-state index contributed by atoms with van der Waals surface area (Å²) in [5, 5.41) is 8.54. The van der Waals surface area contributed by atoms with Crippen LogP contribution in [0.2, 0.25) is 0 Å². The van der Waals surface area contributed by atoms with Gasteiger partial charge >= 0.3 is 0 Å². The average Bonchev–Trinajstić information content (AvgIpc) is 2.80. The molecule has 0 amide bonds. The van der Waals surface area contributed by atoms with Crippen LogP contribution in [0.5, 0.6) is 0 Å². The molecule has 1 aromatic rings. The molecular formula is C13H26N4O. The average molecular weight is 254 g/mol. The summed E-state index contributed by atoms with van der Waals surface area (Å²) in [6.45, 7) is 6.31. The molecule has 0 radical (unpaired) electrons. The minimum absolute atomic E-state index is 0.431. The maximum absolute atomic E-state index is 5.71. The highest BCUT2D eigenvalue weighted by molar-refractivity contribution is 5.02. The van der Waals surface area contributed by atoms with Crippen molar-refractivity contribution in [2.24, 2.45) is 5.73 Å². The summed E-state index contributed by atoms with van der Waals surface area (Å²) in [4.78, 5) is 0. The van der Waals surface area contributed by atoms with Crippen LogP contribution in [-0.4, -0.2) is 28.5 Å². The fraction of sp³-hybridized carbons (Fsp3) is 0.846. The first-order chi connectivity index (χ1) is 8.78. The van der Waals surface area contributed by atoms with Crippen molar-refractivity contribution in [2.45, 2.75) is 58.5 Å². The van der Waals surface area contributed by atoms with Gasteiger partial charge in [-0.25, -0.2) is 0 Å². The molecule has 1 rings (SSSR count). The molecule has 104 valence electrons. The van der Waals surface area contributed by atoms with Gasteiger partial charge in [0, 0.05) is 19.6 Å². The maximum Gasteiger partial charge on any atom is 0.146 e. The monoisotopic (exact) mass is 254 g/mol. The summed E-state index contributed by atoms with van der Waals surface area (Å²) >= 11 is 0. The zero-order valence-electron chi connectivity index (χ0n) is 11.9. The zero-order chi connectivity index (χ0) is 13.4. The molecule has 0 bridgehead atoms. The van der Waals surface area contributed by atoms with Gasteiger partial charge in [-0.1, -0.05) is 26.7 Å². The van der Waals surface area contributed by atoms with Gasteiger partial charge in [-0.15, -0.1) is 10.2 Å². The lowest BCUT2D eigenvalue weighted by molar-refractivity contribution is 0.184. The molecule has 0 aromatic carbocycles. The van der Waals surface area contributed by atoms with E-state index in [1.54, 1.807) is 7.11 Å². The van der Waals surface area contributed by atoms with Crippen molar-refractivity contribution in [3.05, 3.63) is 11.6 Å². The van der Waals surface area contributed by atoms with Crippen molar-refractivity contribution in [3.63, 3.8) is 0 Å². The number of aromatic nitrogens is 3. The van der Waals surface area contributed by atoms with Gasteiger partial charge in [0.25, 0.3) is 0 Å². The molecule has 0 spiro atoms. The predicted molar refractivity (Wildman–Crippen MR) is 72.3 cm³/mol. The second kappa shape index (κ2) is 8.21. The van der Waals surface area contributed by atoms with Crippen molar-refractivity contribution in [1.82, 2.24) is 14.8 Å². The Balaban J connectivity index is 2.86. The number of methoxy groups -OCH3 is 1. The lowest BCUT2D eigenvalue weighted by atomic mass is 9.98. The Morgan fingerprint density at radius 3 is 2.67 bits per heavy atom. The molecule has 1 atom stereocenters. The van der Waals surface area contributed by atoms with Gasteiger partial charge in [0.05, 0.1) is 13.2 Å². The number of nitrogens with two attached hydrogens (primary N) is 1. The third-order valence-corrected chi connectivity index (χ3v) is 3.32. The number of ether oxygens (including phenoxy) is 1. The van der Waals surface area contributed by atoms with Gasteiger partial charge < -0.3 is 15.0 Å². The Morgan fingerprint density at radius 2 is 2.11 bits per heavy atom. The summed E-state index contributed by atoms with van der Waals surface area (Å²) in [6, 6.07) is 0. The van der Waals surface area contributed by atoms with Crippen LogP contribution in [0.25, 0.3) is 0 Å². The molecule has 2 N–H and O–H groups in total. The van der Waals surface area contributed by atoms with Gasteiger partial charge in [0.15, 0.2) is 0 Å². The normalized spacial score (nSPS) is 12.9. The van der Waals surface area contributed by atoms with E-state index in [9.17, 15) is 0 Å². The first kappa shape index (κ1) is 15.1. The fourth-order valence-corrected chi connectivity index (χ4v) is 2.19. The highest BCUT2D eigenvalue weighted by Gasteiger charge is 2.18. The van der Waals surface area contributed by atoms with Crippen LogP contribution in [0.15, 0.2) is 0 Å². The highest BCUT2D eigenvalue weighted by atomic mass is 16.5. The first-order valence-electron chi connectivity index (χ1n) is 6.89. The Bertz CT molecular complexity index is 338. The van der Waals surface area contributed by atoms with E-state index in [4.69, 9.17) is 10.5 Å². The third-order valence-electron chi connectivity index (χ3n) is 3.32. The molecule has 0 saturated heterocycles. The summed E-state index contributed by atoms with van der Waals surface area (Å²) in [6.07, 6.45) is 4.71. The van der Waals surface area contributed by atoms with E-state index in [0.29, 0.717) is 19.1 Å². The van der Waals surface area contributed by atoms with E-state index >= 15 is 0 Å². The van der Waals surface area contributed by atoms with Crippen molar-refractivity contribution in [3.8, 4) is 0 Å². The molecular weight excluding hydrogens is 228 g/mol. The van der Waals surface area contributed by atoms with E-state index in [-0.39, 0.29) is 0 Å². The quantitative estimate of drug-likeness (QED) is 0.732. The van der Waals surface area contributed by atoms with Crippen LogP contribution >= 0.6 is 0 Å². The molecule has 0 aliphatic heterocycles. The molecule has 1 heterocycles. The summed E-state index contributed by atoms with van der Waals surface area (Å²) in [5.41, 5.74) is 5.71. The fourth-order valence-electron chi connectivity index (χ4n) is 2.19. The van der Waals surface area contributed by atoms with E-state index in [1.807, 2.05) is 0 Å². The Kier molecular flexibility index (Phi) is 6.90. The van der Waals surface area contributed by atoms with Crippen LogP contribution in [0, 0.1) is 0 Å². The molecule has 18 heavy (non-hydrogen) atoms. The van der Waals surface area contributed by atoms with E-state index in [1.165, 1.54) is 19.3 Å². The van der Waals surface area contributed by atoms with E-state index in [0.717, 1.165) is 24.6 Å². The number of nitrogens with zero attached hydrogens (tertiary/aromatic N) is 3. The Morgan fingerprint density at radius 1 is 1.33 bits per heavy atom. The minimum atomic E-state index is 0.431. The maximum atomic E-state index is 5.71. The van der Waals surface area contributed by atoms with E-state index < -0.39 is 0 Å². The summed E-state index contributed by atoms with van der Waals surface area (Å²) < 4.78 is 7.28. The number of unbranched alkanes of at least 4 members (excludes halogenated alkanes) is 1. The molecule has 0 fully saturated rings. The molecule has 5 nitrogen and oxygen atoms in total. The highest BCUT2D eigenvalue weighted by Crippen LogP contribution is 2.24. The number of hydrogen-bond acceptors (Lipinski definition) is 4. The second-order valence-electron chi connectivity index (χ2n) is 4.57. The molecule has 1 unspecified atom stereocenters. The largest absolute Gasteiger partial charge is 0.383 e. The summed E-state index contributed by atoms with van der Waals surface area (Å²) in [7, 11) is 1.71. The van der Waals surface area contributed by atoms with Crippen LogP contribution in [-0.2, 0) is 17.8 Å². The standard InChI is InChI=1S/C13H26N4O/c1-4-6-7-11(5-2)13-16-15-12(10-14)17(13)8-9-18-3/h11H,4-10,14H2,1-3H3.